The first-order valence-corrected chi connectivity index (χ1v) is 5.11. The predicted octanol–water partition coefficient (Wildman–Crippen LogP) is 1.05. The molecule has 1 aliphatic rings. The highest BCUT2D eigenvalue weighted by atomic mass is 16.7. The quantitative estimate of drug-likeness (QED) is 0.653. The molecule has 4 nitrogen and oxygen atoms in total. The fourth-order valence-corrected chi connectivity index (χ4v) is 1.76. The Hall–Kier alpha value is -0.610. The molecule has 0 aromatic carbocycles. The predicted molar refractivity (Wildman–Crippen MR) is 52.8 cm³/mol. The van der Waals surface area contributed by atoms with Gasteiger partial charge in [-0.05, 0) is 25.7 Å². The van der Waals surface area contributed by atoms with Crippen molar-refractivity contribution in [3.8, 4) is 0 Å². The van der Waals surface area contributed by atoms with Crippen LogP contribution in [0.2, 0.25) is 0 Å². The van der Waals surface area contributed by atoms with Crippen molar-refractivity contribution in [2.45, 2.75) is 44.4 Å². The van der Waals surface area contributed by atoms with Gasteiger partial charge in [0.1, 0.15) is 0 Å². The molecule has 1 saturated heterocycles. The summed E-state index contributed by atoms with van der Waals surface area (Å²) in [5.41, 5.74) is 0. The Morgan fingerprint density at radius 2 is 2.21 bits per heavy atom. The normalized spacial score (nSPS) is 21.6. The molecule has 82 valence electrons. The van der Waals surface area contributed by atoms with Gasteiger partial charge in [0.15, 0.2) is 6.29 Å². The zero-order valence-corrected chi connectivity index (χ0v) is 8.91. The Balaban J connectivity index is 2.06. The first kappa shape index (κ1) is 11.5. The molecule has 1 heterocycles. The van der Waals surface area contributed by atoms with E-state index in [1.807, 2.05) is 0 Å². The van der Waals surface area contributed by atoms with E-state index in [1.165, 1.54) is 0 Å². The lowest BCUT2D eigenvalue weighted by atomic mass is 10.1. The van der Waals surface area contributed by atoms with Crippen LogP contribution in [0.5, 0.6) is 0 Å². The molecule has 0 spiro atoms. The second kappa shape index (κ2) is 5.98. The number of hydrogen-bond acceptors (Lipinski definition) is 3. The van der Waals surface area contributed by atoms with Gasteiger partial charge in [-0.15, -0.1) is 0 Å². The van der Waals surface area contributed by atoms with Crippen molar-refractivity contribution in [2.75, 3.05) is 14.2 Å². The summed E-state index contributed by atoms with van der Waals surface area (Å²) in [6.45, 7) is 0. The largest absolute Gasteiger partial charge is 0.356 e. The smallest absolute Gasteiger partial charge is 0.220 e. The van der Waals surface area contributed by atoms with Gasteiger partial charge in [-0.3, -0.25) is 4.79 Å². The van der Waals surface area contributed by atoms with Crippen molar-refractivity contribution in [1.82, 2.24) is 5.32 Å². The van der Waals surface area contributed by atoms with E-state index in [4.69, 9.17) is 9.47 Å². The molecule has 0 unspecified atom stereocenters. The van der Waals surface area contributed by atoms with E-state index in [-0.39, 0.29) is 12.2 Å². The van der Waals surface area contributed by atoms with Gasteiger partial charge in [-0.2, -0.15) is 0 Å². The molecule has 0 aliphatic carbocycles. The fourth-order valence-electron chi connectivity index (χ4n) is 1.76. The second-order valence-corrected chi connectivity index (χ2v) is 3.63. The average molecular weight is 201 g/mol. The third kappa shape index (κ3) is 3.64. The van der Waals surface area contributed by atoms with Gasteiger partial charge in [-0.25, -0.2) is 0 Å². The minimum Gasteiger partial charge on any atom is -0.356 e. The van der Waals surface area contributed by atoms with E-state index in [2.05, 4.69) is 5.32 Å². The summed E-state index contributed by atoms with van der Waals surface area (Å²) in [7, 11) is 3.29. The molecular weight excluding hydrogens is 182 g/mol. The fraction of sp³-hybridized carbons (Fsp3) is 0.900. The van der Waals surface area contributed by atoms with Crippen LogP contribution in [0, 0.1) is 0 Å². The first-order valence-electron chi connectivity index (χ1n) is 5.11. The zero-order valence-electron chi connectivity index (χ0n) is 8.91. The van der Waals surface area contributed by atoms with E-state index >= 15 is 0 Å². The molecule has 0 saturated carbocycles. The van der Waals surface area contributed by atoms with Gasteiger partial charge >= 0.3 is 0 Å². The third-order valence-corrected chi connectivity index (χ3v) is 2.60. The molecule has 1 aliphatic heterocycles. The van der Waals surface area contributed by atoms with Gasteiger partial charge in [0, 0.05) is 26.7 Å². The minimum atomic E-state index is -0.105. The monoisotopic (exact) mass is 201 g/mol. The molecule has 1 atom stereocenters. The lowest BCUT2D eigenvalue weighted by Gasteiger charge is -2.14. The lowest BCUT2D eigenvalue weighted by Crippen LogP contribution is -2.25. The maximum atomic E-state index is 10.9. The van der Waals surface area contributed by atoms with Crippen molar-refractivity contribution in [1.29, 1.82) is 0 Å². The number of rotatable bonds is 6. The molecule has 1 rings (SSSR count). The van der Waals surface area contributed by atoms with Gasteiger partial charge in [0.05, 0.1) is 0 Å². The van der Waals surface area contributed by atoms with Gasteiger partial charge < -0.3 is 14.8 Å². The topological polar surface area (TPSA) is 47.6 Å². The first-order chi connectivity index (χ1) is 6.76. The van der Waals surface area contributed by atoms with E-state index in [0.29, 0.717) is 12.5 Å². The van der Waals surface area contributed by atoms with E-state index in [1.54, 1.807) is 14.2 Å². The molecule has 14 heavy (non-hydrogen) atoms. The standard InChI is InChI=1S/C10H19NO3/c1-13-10(14-2)5-3-4-8-6-7-9(12)11-8/h8,10H,3-7H2,1-2H3,(H,11,12)/t8-/m1/s1. The van der Waals surface area contributed by atoms with Crippen LogP contribution in [0.1, 0.15) is 32.1 Å². The summed E-state index contributed by atoms with van der Waals surface area (Å²) in [6, 6.07) is 0.372. The summed E-state index contributed by atoms with van der Waals surface area (Å²) in [6.07, 6.45) is 4.49. The molecule has 0 radical (unpaired) electrons. The summed E-state index contributed by atoms with van der Waals surface area (Å²) < 4.78 is 10.2. The highest BCUT2D eigenvalue weighted by Gasteiger charge is 2.20. The highest BCUT2D eigenvalue weighted by molar-refractivity contribution is 5.78. The Morgan fingerprint density at radius 3 is 2.71 bits per heavy atom. The molecule has 1 N–H and O–H groups in total. The van der Waals surface area contributed by atoms with Gasteiger partial charge in [-0.1, -0.05) is 0 Å². The Kier molecular flexibility index (Phi) is 4.90. The van der Waals surface area contributed by atoms with Crippen molar-refractivity contribution in [2.24, 2.45) is 0 Å². The molecule has 0 aromatic heterocycles. The van der Waals surface area contributed by atoms with Crippen LogP contribution in [0.3, 0.4) is 0 Å². The molecule has 4 heteroatoms. The summed E-state index contributed by atoms with van der Waals surface area (Å²) in [4.78, 5) is 10.9. The number of hydrogen-bond donors (Lipinski definition) is 1. The van der Waals surface area contributed by atoms with E-state index in [0.717, 1.165) is 25.7 Å². The SMILES string of the molecule is COC(CCC[C@@H]1CCC(=O)N1)OC. The van der Waals surface area contributed by atoms with Crippen LogP contribution >= 0.6 is 0 Å². The van der Waals surface area contributed by atoms with Crippen molar-refractivity contribution in [3.05, 3.63) is 0 Å². The molecule has 0 aromatic rings. The summed E-state index contributed by atoms with van der Waals surface area (Å²) in [5.74, 6) is 0.185. The molecule has 1 fully saturated rings. The van der Waals surface area contributed by atoms with Crippen LogP contribution < -0.4 is 5.32 Å². The molecule has 0 bridgehead atoms. The summed E-state index contributed by atoms with van der Waals surface area (Å²) in [5, 5.41) is 2.94. The van der Waals surface area contributed by atoms with Crippen LogP contribution in [0.15, 0.2) is 0 Å². The van der Waals surface area contributed by atoms with Crippen molar-refractivity contribution >= 4 is 5.91 Å². The second-order valence-electron chi connectivity index (χ2n) is 3.63. The Bertz CT molecular complexity index is 180. The average Bonchev–Trinajstić information content (AvgIpc) is 2.59. The number of ether oxygens (including phenoxy) is 2. The number of methoxy groups -OCH3 is 2. The molecule has 1 amide bonds. The van der Waals surface area contributed by atoms with E-state index in [9.17, 15) is 4.79 Å². The van der Waals surface area contributed by atoms with Crippen LogP contribution in [0.4, 0.5) is 0 Å². The summed E-state index contributed by atoms with van der Waals surface area (Å²) >= 11 is 0. The lowest BCUT2D eigenvalue weighted by molar-refractivity contribution is -0.119. The number of carbonyl (C=O) groups is 1. The van der Waals surface area contributed by atoms with E-state index < -0.39 is 0 Å². The minimum absolute atomic E-state index is 0.105. The van der Waals surface area contributed by atoms with Crippen LogP contribution in [-0.2, 0) is 14.3 Å². The maximum Gasteiger partial charge on any atom is 0.220 e. The number of amides is 1. The Labute approximate surface area is 85.0 Å². The zero-order chi connectivity index (χ0) is 10.4. The van der Waals surface area contributed by atoms with Crippen molar-refractivity contribution in [3.63, 3.8) is 0 Å². The van der Waals surface area contributed by atoms with Gasteiger partial charge in [0.2, 0.25) is 5.91 Å². The number of nitrogens with one attached hydrogen (secondary N) is 1. The van der Waals surface area contributed by atoms with Crippen LogP contribution in [0.25, 0.3) is 0 Å². The van der Waals surface area contributed by atoms with Crippen LogP contribution in [-0.4, -0.2) is 32.5 Å². The third-order valence-electron chi connectivity index (χ3n) is 2.60. The Morgan fingerprint density at radius 1 is 1.50 bits per heavy atom. The highest BCUT2D eigenvalue weighted by Crippen LogP contribution is 2.14. The number of carbonyl (C=O) groups excluding carboxylic acids is 1. The maximum absolute atomic E-state index is 10.9. The van der Waals surface area contributed by atoms with Crippen molar-refractivity contribution < 1.29 is 14.3 Å². The van der Waals surface area contributed by atoms with Gasteiger partial charge in [0.25, 0.3) is 0 Å². The molecular formula is C10H19NO3.